The topological polar surface area (TPSA) is 53.8 Å². The van der Waals surface area contributed by atoms with Crippen molar-refractivity contribution in [2.24, 2.45) is 4.99 Å². The lowest BCUT2D eigenvalue weighted by Gasteiger charge is -2.43. The second kappa shape index (κ2) is 10.1. The lowest BCUT2D eigenvalue weighted by molar-refractivity contribution is -0.00501. The summed E-state index contributed by atoms with van der Waals surface area (Å²) in [7, 11) is 6.11. The zero-order valence-electron chi connectivity index (χ0n) is 14.4. The molecule has 2 N–H and O–H groups in total. The van der Waals surface area contributed by atoms with Crippen molar-refractivity contribution in [1.29, 1.82) is 0 Å². The zero-order valence-corrected chi connectivity index (χ0v) is 16.7. The highest BCUT2D eigenvalue weighted by atomic mass is 127. The molecule has 1 aliphatic rings. The van der Waals surface area contributed by atoms with Crippen molar-refractivity contribution in [3.05, 3.63) is 24.5 Å². The van der Waals surface area contributed by atoms with E-state index in [1.54, 1.807) is 0 Å². The fourth-order valence-corrected chi connectivity index (χ4v) is 2.82. The second-order valence-corrected chi connectivity index (χ2v) is 6.00. The van der Waals surface area contributed by atoms with Crippen LogP contribution in [0, 0.1) is 0 Å². The third-order valence-electron chi connectivity index (χ3n) is 4.51. The molecule has 0 aliphatic carbocycles. The van der Waals surface area contributed by atoms with Crippen molar-refractivity contribution in [2.75, 3.05) is 47.4 Å². The molecule has 1 aromatic heterocycles. The third kappa shape index (κ3) is 5.96. The Bertz CT molecular complexity index is 455. The van der Waals surface area contributed by atoms with Gasteiger partial charge in [-0.05, 0) is 39.1 Å². The highest BCUT2D eigenvalue weighted by Gasteiger charge is 2.34. The number of hydrogen-bond donors (Lipinski definition) is 2. The van der Waals surface area contributed by atoms with Crippen LogP contribution >= 0.6 is 24.0 Å². The monoisotopic (exact) mass is 435 g/mol. The summed E-state index contributed by atoms with van der Waals surface area (Å²) in [5.41, 5.74) is 0.149. The van der Waals surface area contributed by atoms with Gasteiger partial charge in [-0.3, -0.25) is 4.99 Å². The van der Waals surface area contributed by atoms with Crippen LogP contribution in [-0.4, -0.2) is 68.4 Å². The van der Waals surface area contributed by atoms with Gasteiger partial charge in [-0.15, -0.1) is 24.0 Å². The first-order chi connectivity index (χ1) is 10.7. The fourth-order valence-electron chi connectivity index (χ4n) is 2.82. The van der Waals surface area contributed by atoms with Crippen LogP contribution in [0.1, 0.15) is 12.8 Å². The van der Waals surface area contributed by atoms with E-state index in [9.17, 15) is 0 Å². The van der Waals surface area contributed by atoms with E-state index in [2.05, 4.69) is 51.6 Å². The van der Waals surface area contributed by atoms with Crippen molar-refractivity contribution >= 4 is 29.9 Å². The van der Waals surface area contributed by atoms with E-state index < -0.39 is 0 Å². The van der Waals surface area contributed by atoms with E-state index in [1.165, 1.54) is 0 Å². The van der Waals surface area contributed by atoms with Gasteiger partial charge >= 0.3 is 0 Å². The van der Waals surface area contributed by atoms with Gasteiger partial charge in [-0.2, -0.15) is 0 Å². The Morgan fingerprint density at radius 2 is 1.87 bits per heavy atom. The first-order valence-corrected chi connectivity index (χ1v) is 7.97. The summed E-state index contributed by atoms with van der Waals surface area (Å²) >= 11 is 0. The van der Waals surface area contributed by atoms with Gasteiger partial charge in [0.15, 0.2) is 5.96 Å². The summed E-state index contributed by atoms with van der Waals surface area (Å²) < 4.78 is 7.66. The lowest BCUT2D eigenvalue weighted by Crippen LogP contribution is -2.57. The summed E-state index contributed by atoms with van der Waals surface area (Å²) in [6.07, 6.45) is 6.24. The van der Waals surface area contributed by atoms with Crippen LogP contribution in [0.15, 0.2) is 29.5 Å². The molecule has 0 aromatic carbocycles. The van der Waals surface area contributed by atoms with Crippen molar-refractivity contribution in [3.8, 4) is 0 Å². The Morgan fingerprint density at radius 3 is 2.43 bits per heavy atom. The molecule has 0 spiro atoms. The Labute approximate surface area is 156 Å². The van der Waals surface area contributed by atoms with Crippen molar-refractivity contribution in [1.82, 2.24) is 20.1 Å². The van der Waals surface area contributed by atoms with Gasteiger partial charge in [-0.1, -0.05) is 0 Å². The normalized spacial score (nSPS) is 17.7. The molecule has 2 heterocycles. The number of nitrogens with zero attached hydrogens (tertiary/aromatic N) is 3. The average molecular weight is 435 g/mol. The molecule has 23 heavy (non-hydrogen) atoms. The summed E-state index contributed by atoms with van der Waals surface area (Å²) in [5.74, 6) is 0.861. The van der Waals surface area contributed by atoms with E-state index in [0.717, 1.165) is 51.6 Å². The maximum Gasteiger partial charge on any atom is 0.191 e. The number of ether oxygens (including phenoxy) is 1. The largest absolute Gasteiger partial charge is 0.381 e. The molecule has 132 valence electrons. The van der Waals surface area contributed by atoms with Gasteiger partial charge in [0.25, 0.3) is 0 Å². The van der Waals surface area contributed by atoms with E-state index in [0.29, 0.717) is 0 Å². The molecule has 1 fully saturated rings. The quantitative estimate of drug-likeness (QED) is 0.403. The van der Waals surface area contributed by atoms with E-state index in [4.69, 9.17) is 4.74 Å². The molecule has 0 radical (unpaired) electrons. The third-order valence-corrected chi connectivity index (χ3v) is 4.51. The average Bonchev–Trinajstić information content (AvgIpc) is 3.04. The maximum atomic E-state index is 5.51. The summed E-state index contributed by atoms with van der Waals surface area (Å²) in [6, 6.07) is 4.08. The molecule has 1 aromatic rings. The Morgan fingerprint density at radius 1 is 1.22 bits per heavy atom. The molecular weight excluding hydrogens is 405 g/mol. The summed E-state index contributed by atoms with van der Waals surface area (Å²) in [5, 5.41) is 6.85. The molecular formula is C16H30IN5O. The molecule has 7 heteroatoms. The smallest absolute Gasteiger partial charge is 0.191 e. The predicted molar refractivity (Wildman–Crippen MR) is 106 cm³/mol. The predicted octanol–water partition coefficient (Wildman–Crippen LogP) is 1.38. The van der Waals surface area contributed by atoms with Crippen LogP contribution in [0.3, 0.4) is 0 Å². The Kier molecular flexibility index (Phi) is 8.93. The van der Waals surface area contributed by atoms with E-state index >= 15 is 0 Å². The SMILES string of the molecule is CN=C(NCCn1cccc1)NCC1(N(C)C)CCOCC1.I. The first-order valence-electron chi connectivity index (χ1n) is 7.97. The van der Waals surface area contributed by atoms with Gasteiger partial charge in [-0.25, -0.2) is 0 Å². The summed E-state index contributed by atoms with van der Waals surface area (Å²) in [6.45, 7) is 4.33. The van der Waals surface area contributed by atoms with Crippen LogP contribution in [0.25, 0.3) is 0 Å². The van der Waals surface area contributed by atoms with Crippen molar-refractivity contribution < 1.29 is 4.74 Å². The Balaban J connectivity index is 0.00000264. The van der Waals surface area contributed by atoms with Gasteiger partial charge in [0.05, 0.1) is 0 Å². The molecule has 1 saturated heterocycles. The number of aliphatic imine (C=N–C) groups is 1. The number of guanidine groups is 1. The lowest BCUT2D eigenvalue weighted by atomic mass is 9.88. The zero-order chi connectivity index (χ0) is 15.8. The van der Waals surface area contributed by atoms with Gasteiger partial charge < -0.3 is 24.8 Å². The van der Waals surface area contributed by atoms with E-state index in [-0.39, 0.29) is 29.5 Å². The van der Waals surface area contributed by atoms with Gasteiger partial charge in [0.2, 0.25) is 0 Å². The second-order valence-electron chi connectivity index (χ2n) is 6.00. The Hall–Kier alpha value is -0.800. The fraction of sp³-hybridized carbons (Fsp3) is 0.688. The number of likely N-dealkylation sites (N-methyl/N-ethyl adjacent to an activating group) is 1. The van der Waals surface area contributed by atoms with E-state index in [1.807, 2.05) is 19.2 Å². The van der Waals surface area contributed by atoms with Crippen molar-refractivity contribution in [2.45, 2.75) is 24.9 Å². The molecule has 0 saturated carbocycles. The molecule has 1 aliphatic heterocycles. The number of rotatable bonds is 6. The number of hydrogen-bond acceptors (Lipinski definition) is 3. The summed E-state index contributed by atoms with van der Waals surface area (Å²) in [4.78, 5) is 6.63. The number of nitrogens with one attached hydrogen (secondary N) is 2. The molecule has 2 rings (SSSR count). The van der Waals surface area contributed by atoms with Crippen LogP contribution in [-0.2, 0) is 11.3 Å². The standard InChI is InChI=1S/C16H29N5O.HI/c1-17-15(18-8-11-21-9-4-5-10-21)19-14-16(20(2)3)6-12-22-13-7-16;/h4-5,9-10H,6-8,11-14H2,1-3H3,(H2,17,18,19);1H. The highest BCUT2D eigenvalue weighted by Crippen LogP contribution is 2.24. The highest BCUT2D eigenvalue weighted by molar-refractivity contribution is 14.0. The molecule has 0 unspecified atom stereocenters. The molecule has 6 nitrogen and oxygen atoms in total. The van der Waals surface area contributed by atoms with Crippen LogP contribution in [0.4, 0.5) is 0 Å². The minimum Gasteiger partial charge on any atom is -0.381 e. The number of aromatic nitrogens is 1. The van der Waals surface area contributed by atoms with Crippen LogP contribution in [0.5, 0.6) is 0 Å². The maximum absolute atomic E-state index is 5.51. The van der Waals surface area contributed by atoms with Crippen LogP contribution in [0.2, 0.25) is 0 Å². The molecule has 0 bridgehead atoms. The molecule has 0 atom stereocenters. The molecule has 0 amide bonds. The minimum atomic E-state index is 0. The van der Waals surface area contributed by atoms with Gasteiger partial charge in [0, 0.05) is 57.8 Å². The minimum absolute atomic E-state index is 0. The first kappa shape index (κ1) is 20.2. The number of halogens is 1. The van der Waals surface area contributed by atoms with Crippen LogP contribution < -0.4 is 10.6 Å². The van der Waals surface area contributed by atoms with Crippen molar-refractivity contribution in [3.63, 3.8) is 0 Å². The van der Waals surface area contributed by atoms with Gasteiger partial charge in [0.1, 0.15) is 0 Å².